The van der Waals surface area contributed by atoms with Gasteiger partial charge in [0.15, 0.2) is 0 Å². The van der Waals surface area contributed by atoms with Gasteiger partial charge in [-0.3, -0.25) is 4.79 Å². The van der Waals surface area contributed by atoms with Crippen molar-refractivity contribution in [3.05, 3.63) is 92.6 Å². The maximum Gasteiger partial charge on any atom is 0.416 e. The van der Waals surface area contributed by atoms with Crippen molar-refractivity contribution in [1.29, 1.82) is 0 Å². The lowest BCUT2D eigenvalue weighted by Gasteiger charge is -2.10. The van der Waals surface area contributed by atoms with Gasteiger partial charge in [0.2, 0.25) is 5.78 Å². The van der Waals surface area contributed by atoms with Gasteiger partial charge < -0.3 is 5.32 Å². The summed E-state index contributed by atoms with van der Waals surface area (Å²) >= 11 is 1.10. The predicted octanol–water partition coefficient (Wildman–Crippen LogP) is 5.90. The van der Waals surface area contributed by atoms with Crippen LogP contribution in [0.4, 0.5) is 17.6 Å². The topological polar surface area (TPSA) is 29.1 Å². The van der Waals surface area contributed by atoms with Gasteiger partial charge in [-0.15, -0.1) is 0 Å². The van der Waals surface area contributed by atoms with E-state index < -0.39 is 23.4 Å². The molecule has 2 nitrogen and oxygen atoms in total. The van der Waals surface area contributed by atoms with Gasteiger partial charge in [0, 0.05) is 7.05 Å². The zero-order valence-corrected chi connectivity index (χ0v) is 16.0. The summed E-state index contributed by atoms with van der Waals surface area (Å²) in [4.78, 5) is 13.3. The Bertz CT molecular complexity index is 1100. The van der Waals surface area contributed by atoms with Crippen molar-refractivity contribution in [3.63, 3.8) is 0 Å². The number of nitrogens with one attached hydrogen (secondary N) is 1. The second-order valence-electron chi connectivity index (χ2n) is 6.63. The first-order valence-corrected chi connectivity index (χ1v) is 9.61. The molecule has 0 fully saturated rings. The van der Waals surface area contributed by atoms with Gasteiger partial charge in [0.1, 0.15) is 5.83 Å². The molecule has 2 aromatic carbocycles. The highest BCUT2D eigenvalue weighted by atomic mass is 32.2. The second kappa shape index (κ2) is 7.22. The Morgan fingerprint density at radius 2 is 1.86 bits per heavy atom. The lowest BCUT2D eigenvalue weighted by Crippen LogP contribution is -2.08. The summed E-state index contributed by atoms with van der Waals surface area (Å²) in [6.45, 7) is 0. The van der Waals surface area contributed by atoms with Gasteiger partial charge in [0.05, 0.1) is 27.0 Å². The molecule has 148 valence electrons. The first-order valence-electron chi connectivity index (χ1n) is 8.79. The SMILES string of the molecule is CNC1=C(c2cccc(C(F)(F)F)c2)C(=O)C(=CC2C(F)=Cc3ccccc32)S1. The summed E-state index contributed by atoms with van der Waals surface area (Å²) in [5, 5.41) is 3.32. The van der Waals surface area contributed by atoms with E-state index in [9.17, 15) is 22.4 Å². The van der Waals surface area contributed by atoms with E-state index in [4.69, 9.17) is 0 Å². The van der Waals surface area contributed by atoms with Crippen LogP contribution in [0, 0.1) is 0 Å². The molecule has 1 atom stereocenters. The zero-order valence-electron chi connectivity index (χ0n) is 15.2. The highest BCUT2D eigenvalue weighted by Gasteiger charge is 2.35. The maximum absolute atomic E-state index is 14.5. The fraction of sp³-hybridized carbons (Fsp3) is 0.136. The zero-order chi connectivity index (χ0) is 20.8. The number of ketones is 1. The number of carbonyl (C=O) groups is 1. The minimum atomic E-state index is -4.51. The quantitative estimate of drug-likeness (QED) is 0.498. The lowest BCUT2D eigenvalue weighted by atomic mass is 9.96. The number of hydrogen-bond acceptors (Lipinski definition) is 3. The molecule has 0 saturated heterocycles. The van der Waals surface area contributed by atoms with Crippen molar-refractivity contribution in [2.45, 2.75) is 12.1 Å². The Morgan fingerprint density at radius 3 is 2.59 bits per heavy atom. The predicted molar refractivity (Wildman–Crippen MR) is 106 cm³/mol. The first kappa shape index (κ1) is 19.5. The highest BCUT2D eigenvalue weighted by molar-refractivity contribution is 8.08. The van der Waals surface area contributed by atoms with Crippen LogP contribution in [0.3, 0.4) is 0 Å². The molecule has 0 spiro atoms. The highest BCUT2D eigenvalue weighted by Crippen LogP contribution is 2.46. The number of alkyl halides is 3. The molecule has 1 aliphatic heterocycles. The maximum atomic E-state index is 14.5. The number of hydrogen-bond donors (Lipinski definition) is 1. The van der Waals surface area contributed by atoms with E-state index in [1.54, 1.807) is 37.4 Å². The van der Waals surface area contributed by atoms with Crippen LogP contribution in [0.1, 0.15) is 28.2 Å². The molecule has 4 rings (SSSR count). The first-order chi connectivity index (χ1) is 13.8. The normalized spacial score (nSPS) is 20.3. The summed E-state index contributed by atoms with van der Waals surface area (Å²) in [7, 11) is 1.59. The number of fused-ring (bicyclic) bond motifs is 1. The second-order valence-corrected chi connectivity index (χ2v) is 7.68. The lowest BCUT2D eigenvalue weighted by molar-refractivity contribution is -0.137. The van der Waals surface area contributed by atoms with E-state index >= 15 is 0 Å². The smallest absolute Gasteiger partial charge is 0.382 e. The van der Waals surface area contributed by atoms with Crippen LogP contribution in [-0.2, 0) is 11.0 Å². The largest absolute Gasteiger partial charge is 0.416 e. The summed E-state index contributed by atoms with van der Waals surface area (Å²) in [6.07, 6.45) is -1.53. The molecular formula is C22H15F4NOS. The van der Waals surface area contributed by atoms with Gasteiger partial charge in [-0.05, 0) is 34.9 Å². The fourth-order valence-corrected chi connectivity index (χ4v) is 4.50. The molecule has 1 unspecified atom stereocenters. The number of allylic oxidation sites excluding steroid dienone is 4. The van der Waals surface area contributed by atoms with Crippen LogP contribution in [-0.4, -0.2) is 12.8 Å². The summed E-state index contributed by atoms with van der Waals surface area (Å²) < 4.78 is 53.7. The Kier molecular flexibility index (Phi) is 4.86. The summed E-state index contributed by atoms with van der Waals surface area (Å²) in [5.74, 6) is -1.47. The third-order valence-electron chi connectivity index (χ3n) is 4.84. The van der Waals surface area contributed by atoms with E-state index in [0.717, 1.165) is 35.0 Å². The molecule has 0 aromatic heterocycles. The van der Waals surface area contributed by atoms with Gasteiger partial charge in [-0.25, -0.2) is 4.39 Å². The monoisotopic (exact) mass is 417 g/mol. The van der Waals surface area contributed by atoms with Crippen LogP contribution < -0.4 is 5.32 Å². The van der Waals surface area contributed by atoms with E-state index in [0.29, 0.717) is 5.03 Å². The van der Waals surface area contributed by atoms with Gasteiger partial charge >= 0.3 is 6.18 Å². The molecular weight excluding hydrogens is 402 g/mol. The van der Waals surface area contributed by atoms with Gasteiger partial charge in [0.25, 0.3) is 0 Å². The van der Waals surface area contributed by atoms with E-state index in [1.165, 1.54) is 18.2 Å². The van der Waals surface area contributed by atoms with Gasteiger partial charge in [-0.2, -0.15) is 13.2 Å². The molecule has 0 amide bonds. The molecule has 2 aromatic rings. The molecule has 1 aliphatic carbocycles. The Balaban J connectivity index is 1.72. The molecule has 29 heavy (non-hydrogen) atoms. The number of rotatable bonds is 3. The molecule has 0 bridgehead atoms. The van der Waals surface area contributed by atoms with Crippen molar-refractivity contribution in [3.8, 4) is 0 Å². The van der Waals surface area contributed by atoms with Crippen LogP contribution in [0.15, 0.2) is 70.4 Å². The van der Waals surface area contributed by atoms with Crippen LogP contribution in [0.5, 0.6) is 0 Å². The number of halogens is 4. The molecule has 1 N–H and O–H groups in total. The standard InChI is InChI=1S/C22H15F4NOS/c1-27-21-19(13-6-4-7-14(9-13)22(24,25)26)20(28)18(29-21)11-16-15-8-3-2-5-12(15)10-17(16)23/h2-11,16,27H,1H3. The number of thioether (sulfide) groups is 1. The third kappa shape index (κ3) is 3.51. The van der Waals surface area contributed by atoms with Crippen molar-refractivity contribution in [2.75, 3.05) is 7.05 Å². The summed E-state index contributed by atoms with van der Waals surface area (Å²) in [5.41, 5.74) is 1.01. The van der Waals surface area contributed by atoms with E-state index in [-0.39, 0.29) is 21.9 Å². The van der Waals surface area contributed by atoms with Crippen molar-refractivity contribution < 1.29 is 22.4 Å². The number of Topliss-reactive ketones (excluding diaryl/α,β-unsaturated/α-hetero) is 1. The average Bonchev–Trinajstić information content (AvgIpc) is 3.18. The molecule has 7 heteroatoms. The van der Waals surface area contributed by atoms with Crippen LogP contribution in [0.2, 0.25) is 0 Å². The average molecular weight is 417 g/mol. The van der Waals surface area contributed by atoms with Crippen molar-refractivity contribution in [1.82, 2.24) is 5.32 Å². The minimum absolute atomic E-state index is 0.158. The van der Waals surface area contributed by atoms with Gasteiger partial charge in [-0.1, -0.05) is 54.2 Å². The molecule has 2 aliphatic rings. The molecule has 0 saturated carbocycles. The Morgan fingerprint density at radius 1 is 1.10 bits per heavy atom. The van der Waals surface area contributed by atoms with Crippen LogP contribution >= 0.6 is 11.8 Å². The van der Waals surface area contributed by atoms with Crippen LogP contribution in [0.25, 0.3) is 11.6 Å². The molecule has 0 radical (unpaired) electrons. The summed E-state index contributed by atoms with van der Waals surface area (Å²) in [6, 6.07) is 11.8. The third-order valence-corrected chi connectivity index (χ3v) is 5.99. The Hall–Kier alpha value is -2.80. The number of carbonyl (C=O) groups excluding carboxylic acids is 1. The fourth-order valence-electron chi connectivity index (χ4n) is 3.47. The van der Waals surface area contributed by atoms with E-state index in [1.807, 2.05) is 0 Å². The number of benzene rings is 2. The molecule has 1 heterocycles. The van der Waals surface area contributed by atoms with Crippen molar-refractivity contribution in [2.24, 2.45) is 0 Å². The van der Waals surface area contributed by atoms with E-state index in [2.05, 4.69) is 5.32 Å². The minimum Gasteiger partial charge on any atom is -0.382 e. The Labute approximate surface area is 169 Å². The van der Waals surface area contributed by atoms with Crippen molar-refractivity contribution >= 4 is 29.2 Å².